The van der Waals surface area contributed by atoms with Crippen LogP contribution in [0.2, 0.25) is 0 Å². The van der Waals surface area contributed by atoms with E-state index in [-0.39, 0.29) is 0 Å². The zero-order chi connectivity index (χ0) is 11.3. The molecule has 2 N–H and O–H groups in total. The Bertz CT molecular complexity index is 347. The van der Waals surface area contributed by atoms with Crippen molar-refractivity contribution in [3.63, 3.8) is 0 Å². The van der Waals surface area contributed by atoms with Crippen molar-refractivity contribution >= 4 is 0 Å². The molecule has 0 aliphatic heterocycles. The van der Waals surface area contributed by atoms with E-state index in [1.807, 2.05) is 25.1 Å². The van der Waals surface area contributed by atoms with Crippen LogP contribution in [-0.2, 0) is 6.54 Å². The number of benzene rings is 1. The third-order valence-corrected chi connectivity index (χ3v) is 1.96. The molecule has 0 spiro atoms. The summed E-state index contributed by atoms with van der Waals surface area (Å²) in [5.41, 5.74) is 7.54. The smallest absolute Gasteiger partial charge is 0.124 e. The van der Waals surface area contributed by atoms with Crippen LogP contribution in [-0.4, -0.2) is 13.7 Å². The summed E-state index contributed by atoms with van der Waals surface area (Å²) < 4.78 is 10.7. The highest BCUT2D eigenvalue weighted by Gasteiger charge is 2.03. The molecular weight excluding hydrogens is 190 g/mol. The molecule has 0 heterocycles. The topological polar surface area (TPSA) is 44.5 Å². The van der Waals surface area contributed by atoms with Crippen molar-refractivity contribution in [3.05, 3.63) is 35.9 Å². The molecule has 82 valence electrons. The Morgan fingerprint density at radius 1 is 1.47 bits per heavy atom. The number of nitrogens with two attached hydrogens (primary N) is 1. The number of methoxy groups -OCH3 is 1. The predicted molar refractivity (Wildman–Crippen MR) is 61.2 cm³/mol. The van der Waals surface area contributed by atoms with E-state index in [0.29, 0.717) is 13.2 Å². The lowest BCUT2D eigenvalue weighted by Gasteiger charge is -2.11. The molecule has 3 nitrogen and oxygen atoms in total. The Morgan fingerprint density at radius 3 is 2.73 bits per heavy atom. The van der Waals surface area contributed by atoms with Gasteiger partial charge in [-0.15, -0.1) is 0 Å². The van der Waals surface area contributed by atoms with Gasteiger partial charge in [-0.05, 0) is 30.7 Å². The molecule has 0 fully saturated rings. The van der Waals surface area contributed by atoms with Gasteiger partial charge in [-0.2, -0.15) is 0 Å². The molecule has 0 amide bonds. The van der Waals surface area contributed by atoms with Crippen LogP contribution in [0.3, 0.4) is 0 Å². The van der Waals surface area contributed by atoms with Crippen LogP contribution >= 0.6 is 0 Å². The SMILES string of the molecule is C=C(C)COc1ccc(OC)cc1CN. The summed E-state index contributed by atoms with van der Waals surface area (Å²) in [6.07, 6.45) is 0. The molecule has 0 saturated carbocycles. The van der Waals surface area contributed by atoms with Gasteiger partial charge in [-0.3, -0.25) is 0 Å². The maximum Gasteiger partial charge on any atom is 0.124 e. The first-order chi connectivity index (χ1) is 7.17. The van der Waals surface area contributed by atoms with Crippen LogP contribution in [0.1, 0.15) is 12.5 Å². The molecule has 0 radical (unpaired) electrons. The second kappa shape index (κ2) is 5.41. The number of ether oxygens (including phenoxy) is 2. The Balaban J connectivity index is 2.82. The fourth-order valence-electron chi connectivity index (χ4n) is 1.18. The highest BCUT2D eigenvalue weighted by atomic mass is 16.5. The van der Waals surface area contributed by atoms with Gasteiger partial charge in [0.2, 0.25) is 0 Å². The van der Waals surface area contributed by atoms with Crippen molar-refractivity contribution in [2.24, 2.45) is 5.73 Å². The molecule has 1 rings (SSSR count). The van der Waals surface area contributed by atoms with Gasteiger partial charge in [0, 0.05) is 12.1 Å². The highest BCUT2D eigenvalue weighted by molar-refractivity contribution is 5.40. The lowest BCUT2D eigenvalue weighted by Crippen LogP contribution is -2.04. The van der Waals surface area contributed by atoms with Crippen LogP contribution in [0, 0.1) is 0 Å². The summed E-state index contributed by atoms with van der Waals surface area (Å²) in [6.45, 7) is 6.65. The van der Waals surface area contributed by atoms with Gasteiger partial charge in [0.25, 0.3) is 0 Å². The molecule has 0 saturated heterocycles. The Kier molecular flexibility index (Phi) is 4.18. The zero-order valence-electron chi connectivity index (χ0n) is 9.25. The predicted octanol–water partition coefficient (Wildman–Crippen LogP) is 2.11. The van der Waals surface area contributed by atoms with Crippen LogP contribution < -0.4 is 15.2 Å². The first kappa shape index (κ1) is 11.6. The molecule has 0 aliphatic rings. The number of hydrogen-bond donors (Lipinski definition) is 1. The van der Waals surface area contributed by atoms with Gasteiger partial charge < -0.3 is 15.2 Å². The van der Waals surface area contributed by atoms with E-state index in [1.165, 1.54) is 0 Å². The maximum absolute atomic E-state index is 5.62. The molecule has 0 unspecified atom stereocenters. The fourth-order valence-corrected chi connectivity index (χ4v) is 1.18. The zero-order valence-corrected chi connectivity index (χ0v) is 9.25. The lowest BCUT2D eigenvalue weighted by molar-refractivity contribution is 0.347. The minimum atomic E-state index is 0.433. The minimum absolute atomic E-state index is 0.433. The van der Waals surface area contributed by atoms with Gasteiger partial charge >= 0.3 is 0 Å². The standard InChI is InChI=1S/C12H17NO2/c1-9(2)8-15-12-5-4-11(14-3)6-10(12)7-13/h4-6H,1,7-8,13H2,2-3H3. The minimum Gasteiger partial charge on any atom is -0.497 e. The summed E-state index contributed by atoms with van der Waals surface area (Å²) in [6, 6.07) is 5.60. The average molecular weight is 207 g/mol. The average Bonchev–Trinajstić information content (AvgIpc) is 2.25. The summed E-state index contributed by atoms with van der Waals surface area (Å²) in [5, 5.41) is 0. The van der Waals surface area contributed by atoms with Crippen molar-refractivity contribution in [2.45, 2.75) is 13.5 Å². The molecule has 0 aliphatic carbocycles. The van der Waals surface area contributed by atoms with Crippen molar-refractivity contribution < 1.29 is 9.47 Å². The van der Waals surface area contributed by atoms with Crippen molar-refractivity contribution in [2.75, 3.05) is 13.7 Å². The molecule has 0 aromatic heterocycles. The van der Waals surface area contributed by atoms with Gasteiger partial charge in [-0.25, -0.2) is 0 Å². The van der Waals surface area contributed by atoms with E-state index in [1.54, 1.807) is 7.11 Å². The first-order valence-electron chi connectivity index (χ1n) is 4.81. The van der Waals surface area contributed by atoms with Gasteiger partial charge in [0.05, 0.1) is 7.11 Å². The largest absolute Gasteiger partial charge is 0.497 e. The molecule has 0 atom stereocenters. The van der Waals surface area contributed by atoms with Gasteiger partial charge in [0.1, 0.15) is 18.1 Å². The monoisotopic (exact) mass is 207 g/mol. The highest BCUT2D eigenvalue weighted by Crippen LogP contribution is 2.23. The molecule has 0 bridgehead atoms. The van der Waals surface area contributed by atoms with Crippen LogP contribution in [0.5, 0.6) is 11.5 Å². The Labute approximate surface area is 90.5 Å². The van der Waals surface area contributed by atoms with Crippen molar-refractivity contribution in [1.29, 1.82) is 0 Å². The van der Waals surface area contributed by atoms with Crippen LogP contribution in [0.15, 0.2) is 30.4 Å². The van der Waals surface area contributed by atoms with Gasteiger partial charge in [-0.1, -0.05) is 6.58 Å². The van der Waals surface area contributed by atoms with E-state index in [9.17, 15) is 0 Å². The van der Waals surface area contributed by atoms with Gasteiger partial charge in [0.15, 0.2) is 0 Å². The summed E-state index contributed by atoms with van der Waals surface area (Å²) >= 11 is 0. The van der Waals surface area contributed by atoms with E-state index in [4.69, 9.17) is 15.2 Å². The second-order valence-electron chi connectivity index (χ2n) is 3.42. The van der Waals surface area contributed by atoms with E-state index < -0.39 is 0 Å². The summed E-state index contributed by atoms with van der Waals surface area (Å²) in [5.74, 6) is 1.58. The molecule has 1 aromatic carbocycles. The van der Waals surface area contributed by atoms with E-state index in [0.717, 1.165) is 22.6 Å². The normalized spacial score (nSPS) is 9.80. The van der Waals surface area contributed by atoms with E-state index >= 15 is 0 Å². The van der Waals surface area contributed by atoms with Crippen LogP contribution in [0.25, 0.3) is 0 Å². The third-order valence-electron chi connectivity index (χ3n) is 1.96. The van der Waals surface area contributed by atoms with E-state index in [2.05, 4.69) is 6.58 Å². The van der Waals surface area contributed by atoms with Crippen LogP contribution in [0.4, 0.5) is 0 Å². The quantitative estimate of drug-likeness (QED) is 0.752. The third kappa shape index (κ3) is 3.29. The number of hydrogen-bond acceptors (Lipinski definition) is 3. The molecule has 15 heavy (non-hydrogen) atoms. The summed E-state index contributed by atoms with van der Waals surface area (Å²) in [7, 11) is 1.63. The number of rotatable bonds is 5. The molecular formula is C12H17NO2. The second-order valence-corrected chi connectivity index (χ2v) is 3.42. The van der Waals surface area contributed by atoms with Crippen molar-refractivity contribution in [3.8, 4) is 11.5 Å². The van der Waals surface area contributed by atoms with Crippen molar-refractivity contribution in [1.82, 2.24) is 0 Å². The molecule has 3 heteroatoms. The Morgan fingerprint density at radius 2 is 2.20 bits per heavy atom. The first-order valence-corrected chi connectivity index (χ1v) is 4.81. The fraction of sp³-hybridized carbons (Fsp3) is 0.333. The lowest BCUT2D eigenvalue weighted by atomic mass is 10.2. The maximum atomic E-state index is 5.62. The Hall–Kier alpha value is -1.48. The molecule has 1 aromatic rings. The summed E-state index contributed by atoms with van der Waals surface area (Å²) in [4.78, 5) is 0.